The lowest BCUT2D eigenvalue weighted by Crippen LogP contribution is -2.26. The first-order valence-electron chi connectivity index (χ1n) is 10.9. The number of fused-ring (bicyclic) bond motifs is 2. The van der Waals surface area contributed by atoms with E-state index in [-0.39, 0.29) is 5.56 Å². The molecule has 0 saturated carbocycles. The van der Waals surface area contributed by atoms with Crippen LogP contribution in [0.1, 0.15) is 27.9 Å². The highest BCUT2D eigenvalue weighted by molar-refractivity contribution is 5.96. The second-order valence-electron chi connectivity index (χ2n) is 8.47. The molecule has 2 heterocycles. The summed E-state index contributed by atoms with van der Waals surface area (Å²) < 4.78 is 1.77. The lowest BCUT2D eigenvalue weighted by molar-refractivity contribution is -0.362. The van der Waals surface area contributed by atoms with Crippen molar-refractivity contribution in [3.05, 3.63) is 81.8 Å². The third-order valence-electron chi connectivity index (χ3n) is 6.04. The topological polar surface area (TPSA) is 107 Å². The van der Waals surface area contributed by atoms with E-state index in [1.54, 1.807) is 10.8 Å². The summed E-state index contributed by atoms with van der Waals surface area (Å²) in [5, 5.41) is 3.56. The molecule has 0 bridgehead atoms. The Morgan fingerprint density at radius 2 is 1.97 bits per heavy atom. The van der Waals surface area contributed by atoms with Crippen LogP contribution in [-0.4, -0.2) is 29.6 Å². The zero-order valence-electron chi connectivity index (χ0n) is 18.6. The number of hydrogen-bond donors (Lipinski definition) is 2. The molecule has 0 saturated heterocycles. The number of hydrogen-bond acceptors (Lipinski definition) is 5. The number of carbonyl (C=O) groups excluding carboxylic acids is 1. The molecule has 8 heteroatoms. The summed E-state index contributed by atoms with van der Waals surface area (Å²) in [5.74, 6) is -0.293. The summed E-state index contributed by atoms with van der Waals surface area (Å²) in [6.45, 7) is 0. The molecule has 33 heavy (non-hydrogen) atoms. The van der Waals surface area contributed by atoms with E-state index in [9.17, 15) is 9.59 Å². The average molecular weight is 442 g/mol. The van der Waals surface area contributed by atoms with Gasteiger partial charge in [-0.1, -0.05) is 17.1 Å². The smallest absolute Gasteiger partial charge is 0.378 e. The van der Waals surface area contributed by atoms with Crippen LogP contribution in [0.4, 0.5) is 17.3 Å². The van der Waals surface area contributed by atoms with Crippen molar-refractivity contribution >= 4 is 34.3 Å². The van der Waals surface area contributed by atoms with Crippen molar-refractivity contribution in [2.75, 3.05) is 24.3 Å². The SMILES string of the molecule is CN(C)c1cccc(Nc2nc3c(c[nH+]2)c(=O)c(C(N)=O)cn3-c2ccc3c(c2)CCC3)c1. The number of primary amides is 1. The molecule has 2 aromatic carbocycles. The van der Waals surface area contributed by atoms with Gasteiger partial charge >= 0.3 is 5.95 Å². The van der Waals surface area contributed by atoms with Crippen LogP contribution >= 0.6 is 0 Å². The van der Waals surface area contributed by atoms with E-state index in [0.717, 1.165) is 36.3 Å². The van der Waals surface area contributed by atoms with Gasteiger partial charge in [0.2, 0.25) is 11.1 Å². The number of aryl methyl sites for hydroxylation is 2. The largest absolute Gasteiger partial charge is 0.396 e. The molecule has 5 rings (SSSR count). The standard InChI is InChI=1S/C25H24N6O2/c1-30(2)18-8-4-7-17(12-18)28-25-27-13-20-22(32)21(23(26)33)14-31(24(20)29-25)19-10-9-15-5-3-6-16(15)11-19/h4,7-14H,3,5-6H2,1-2H3,(H2,26,33)(H,27,28,29)/p+1. The minimum atomic E-state index is -0.764. The number of nitrogens with two attached hydrogens (primary N) is 1. The first-order valence-corrected chi connectivity index (χ1v) is 10.9. The molecule has 1 amide bonds. The molecule has 0 spiro atoms. The molecule has 2 aromatic heterocycles. The number of aromatic amines is 1. The van der Waals surface area contributed by atoms with Crippen molar-refractivity contribution in [1.29, 1.82) is 0 Å². The number of nitrogens with one attached hydrogen (secondary N) is 2. The van der Waals surface area contributed by atoms with Crippen LogP contribution in [0.15, 0.2) is 59.7 Å². The van der Waals surface area contributed by atoms with Gasteiger partial charge in [-0.05, 0) is 54.7 Å². The first kappa shape index (κ1) is 20.7. The second-order valence-corrected chi connectivity index (χ2v) is 8.47. The Labute approximate surface area is 190 Å². The fraction of sp³-hybridized carbons (Fsp3) is 0.200. The van der Waals surface area contributed by atoms with Crippen LogP contribution in [0.25, 0.3) is 16.7 Å². The van der Waals surface area contributed by atoms with Gasteiger partial charge in [-0.3, -0.25) is 14.2 Å². The summed E-state index contributed by atoms with van der Waals surface area (Å²) in [6, 6.07) is 14.1. The lowest BCUT2D eigenvalue weighted by atomic mass is 10.1. The zero-order valence-corrected chi connectivity index (χ0v) is 18.6. The third-order valence-corrected chi connectivity index (χ3v) is 6.04. The van der Waals surface area contributed by atoms with Gasteiger partial charge in [0.1, 0.15) is 16.6 Å². The molecule has 0 aliphatic heterocycles. The van der Waals surface area contributed by atoms with E-state index < -0.39 is 11.3 Å². The summed E-state index contributed by atoms with van der Waals surface area (Å²) >= 11 is 0. The molecule has 1 aliphatic rings. The van der Waals surface area contributed by atoms with E-state index >= 15 is 0 Å². The number of amides is 1. The Morgan fingerprint density at radius 3 is 2.76 bits per heavy atom. The predicted molar refractivity (Wildman–Crippen MR) is 128 cm³/mol. The fourth-order valence-corrected chi connectivity index (χ4v) is 4.29. The number of benzene rings is 2. The molecule has 166 valence electrons. The van der Waals surface area contributed by atoms with Gasteiger partial charge < -0.3 is 10.6 Å². The van der Waals surface area contributed by atoms with Crippen LogP contribution in [0.2, 0.25) is 0 Å². The van der Waals surface area contributed by atoms with E-state index in [1.807, 2.05) is 49.3 Å². The molecular weight excluding hydrogens is 416 g/mol. The van der Waals surface area contributed by atoms with E-state index in [0.29, 0.717) is 17.0 Å². The zero-order chi connectivity index (χ0) is 23.1. The molecule has 8 nitrogen and oxygen atoms in total. The van der Waals surface area contributed by atoms with Gasteiger partial charge in [0.25, 0.3) is 5.91 Å². The van der Waals surface area contributed by atoms with Gasteiger partial charge in [-0.25, -0.2) is 10.3 Å². The number of carbonyl (C=O) groups is 1. The molecule has 4 aromatic rings. The molecule has 0 radical (unpaired) electrons. The second kappa shape index (κ2) is 8.05. The third kappa shape index (κ3) is 3.80. The maximum atomic E-state index is 12.9. The molecule has 0 unspecified atom stereocenters. The molecule has 1 aliphatic carbocycles. The number of nitrogens with zero attached hydrogens (tertiary/aromatic N) is 3. The highest BCUT2D eigenvalue weighted by atomic mass is 16.2. The van der Waals surface area contributed by atoms with Crippen LogP contribution in [-0.2, 0) is 12.8 Å². The Morgan fingerprint density at radius 1 is 1.15 bits per heavy atom. The lowest BCUT2D eigenvalue weighted by Gasteiger charge is -2.13. The normalized spacial score (nSPS) is 12.5. The number of pyridine rings is 1. The van der Waals surface area contributed by atoms with Crippen molar-refractivity contribution < 1.29 is 9.78 Å². The summed E-state index contributed by atoms with van der Waals surface area (Å²) in [6.07, 6.45) is 6.27. The number of anilines is 3. The quantitative estimate of drug-likeness (QED) is 0.495. The van der Waals surface area contributed by atoms with Gasteiger partial charge in [-0.2, -0.15) is 0 Å². The average Bonchev–Trinajstić information content (AvgIpc) is 3.27. The van der Waals surface area contributed by atoms with Gasteiger partial charge in [0.05, 0.1) is 6.20 Å². The monoisotopic (exact) mass is 441 g/mol. The van der Waals surface area contributed by atoms with Gasteiger partial charge in [0, 0.05) is 37.7 Å². The molecular formula is C25H25N6O2+. The summed E-state index contributed by atoms with van der Waals surface area (Å²) in [5.41, 5.74) is 10.8. The summed E-state index contributed by atoms with van der Waals surface area (Å²) in [4.78, 5) is 34.7. The number of H-pyrrole nitrogens is 1. The molecule has 4 N–H and O–H groups in total. The van der Waals surface area contributed by atoms with E-state index in [2.05, 4.69) is 22.4 Å². The Bertz CT molecular complexity index is 1460. The van der Waals surface area contributed by atoms with Crippen LogP contribution < -0.4 is 26.4 Å². The van der Waals surface area contributed by atoms with Crippen molar-refractivity contribution in [2.45, 2.75) is 19.3 Å². The van der Waals surface area contributed by atoms with E-state index in [4.69, 9.17) is 10.7 Å². The van der Waals surface area contributed by atoms with Crippen molar-refractivity contribution in [1.82, 2.24) is 9.55 Å². The van der Waals surface area contributed by atoms with Crippen LogP contribution in [0.5, 0.6) is 0 Å². The predicted octanol–water partition coefficient (Wildman–Crippen LogP) is 2.60. The van der Waals surface area contributed by atoms with Crippen molar-refractivity contribution in [3.63, 3.8) is 0 Å². The number of rotatable bonds is 5. The maximum absolute atomic E-state index is 12.9. The highest BCUT2D eigenvalue weighted by Gasteiger charge is 2.21. The van der Waals surface area contributed by atoms with Crippen molar-refractivity contribution in [2.24, 2.45) is 5.73 Å². The van der Waals surface area contributed by atoms with Crippen LogP contribution in [0, 0.1) is 0 Å². The van der Waals surface area contributed by atoms with Crippen LogP contribution in [0.3, 0.4) is 0 Å². The maximum Gasteiger partial charge on any atom is 0.396 e. The van der Waals surface area contributed by atoms with E-state index in [1.165, 1.54) is 17.3 Å². The number of aromatic nitrogens is 3. The molecule has 0 atom stereocenters. The minimum absolute atomic E-state index is 0.0717. The first-order chi connectivity index (χ1) is 15.9. The van der Waals surface area contributed by atoms with Crippen molar-refractivity contribution in [3.8, 4) is 5.69 Å². The molecule has 0 fully saturated rings. The summed E-state index contributed by atoms with van der Waals surface area (Å²) in [7, 11) is 3.95. The minimum Gasteiger partial charge on any atom is -0.378 e. The Kier molecular flexibility index (Phi) is 5.05. The Hall–Kier alpha value is -4.20. The fourth-order valence-electron chi connectivity index (χ4n) is 4.29. The highest BCUT2D eigenvalue weighted by Crippen LogP contribution is 2.26. The van der Waals surface area contributed by atoms with Gasteiger partial charge in [-0.15, -0.1) is 0 Å². The van der Waals surface area contributed by atoms with Gasteiger partial charge in [0.15, 0.2) is 0 Å². The Balaban J connectivity index is 1.66.